The zero-order valence-electron chi connectivity index (χ0n) is 8.06. The summed E-state index contributed by atoms with van der Waals surface area (Å²) in [6, 6.07) is -0.408. The predicted octanol–water partition coefficient (Wildman–Crippen LogP) is -0.813. The number of likely N-dealkylation sites (tertiary alicyclic amines) is 1. The highest BCUT2D eigenvalue weighted by molar-refractivity contribution is 5.72. The number of primary amides is 1. The van der Waals surface area contributed by atoms with E-state index in [1.807, 2.05) is 0 Å². The Labute approximate surface area is 81.9 Å². The highest BCUT2D eigenvalue weighted by atomic mass is 16.6. The van der Waals surface area contributed by atoms with E-state index in [-0.39, 0.29) is 12.5 Å². The average molecular weight is 202 g/mol. The molecule has 0 aromatic rings. The molecule has 2 amide bonds. The Kier molecular flexibility index (Phi) is 3.70. The van der Waals surface area contributed by atoms with E-state index in [0.29, 0.717) is 19.7 Å². The molecule has 1 saturated heterocycles. The lowest BCUT2D eigenvalue weighted by molar-refractivity contribution is -0.146. The Hall–Kier alpha value is -1.30. The molecule has 0 bridgehead atoms. The van der Waals surface area contributed by atoms with Crippen molar-refractivity contribution in [1.82, 2.24) is 4.90 Å². The number of urea groups is 1. The maximum Gasteiger partial charge on any atom is 0.331 e. The van der Waals surface area contributed by atoms with Crippen LogP contribution >= 0.6 is 0 Å². The summed E-state index contributed by atoms with van der Waals surface area (Å²) in [5.41, 5.74) is 5.03. The van der Waals surface area contributed by atoms with Crippen LogP contribution in [0.2, 0.25) is 0 Å². The van der Waals surface area contributed by atoms with Gasteiger partial charge in [-0.2, -0.15) is 0 Å². The number of carbonyl (C=O) groups is 2. The third-order valence-electron chi connectivity index (χ3n) is 2.07. The van der Waals surface area contributed by atoms with Crippen LogP contribution in [0.1, 0.15) is 0 Å². The van der Waals surface area contributed by atoms with Gasteiger partial charge < -0.3 is 20.1 Å². The number of methoxy groups -OCH3 is 1. The van der Waals surface area contributed by atoms with Crippen molar-refractivity contribution in [1.29, 1.82) is 0 Å². The maximum absolute atomic E-state index is 10.6. The Bertz CT molecular complexity index is 225. The molecule has 0 aliphatic carbocycles. The van der Waals surface area contributed by atoms with Gasteiger partial charge in [-0.15, -0.1) is 0 Å². The summed E-state index contributed by atoms with van der Waals surface area (Å²) in [6.07, 6.45) is 0. The molecule has 1 heterocycles. The smallest absolute Gasteiger partial charge is 0.331 e. The van der Waals surface area contributed by atoms with E-state index in [4.69, 9.17) is 10.5 Å². The van der Waals surface area contributed by atoms with Gasteiger partial charge in [-0.1, -0.05) is 0 Å². The van der Waals surface area contributed by atoms with Crippen molar-refractivity contribution in [2.45, 2.75) is 0 Å². The van der Waals surface area contributed by atoms with Crippen LogP contribution in [0.3, 0.4) is 0 Å². The summed E-state index contributed by atoms with van der Waals surface area (Å²) in [5, 5.41) is 0. The minimum atomic E-state index is -0.408. The minimum absolute atomic E-state index is 0.0381. The van der Waals surface area contributed by atoms with Crippen molar-refractivity contribution in [3.05, 3.63) is 0 Å². The fourth-order valence-electron chi connectivity index (χ4n) is 1.22. The molecule has 1 rings (SSSR count). The minimum Gasteiger partial charge on any atom is -0.467 e. The van der Waals surface area contributed by atoms with Gasteiger partial charge in [0.1, 0.15) is 6.61 Å². The van der Waals surface area contributed by atoms with E-state index < -0.39 is 12.0 Å². The number of hydrogen-bond acceptors (Lipinski definition) is 4. The third kappa shape index (κ3) is 2.88. The summed E-state index contributed by atoms with van der Waals surface area (Å²) in [4.78, 5) is 22.7. The largest absolute Gasteiger partial charge is 0.467 e. The fourth-order valence-corrected chi connectivity index (χ4v) is 1.22. The maximum atomic E-state index is 10.6. The third-order valence-corrected chi connectivity index (χ3v) is 2.07. The van der Waals surface area contributed by atoms with Crippen molar-refractivity contribution in [3.8, 4) is 0 Å². The molecular formula is C8H14N2O4. The van der Waals surface area contributed by atoms with Crippen LogP contribution in [-0.4, -0.2) is 50.3 Å². The number of hydrogen-bond donors (Lipinski definition) is 1. The second-order valence-corrected chi connectivity index (χ2v) is 3.20. The molecule has 1 aliphatic rings. The Balaban J connectivity index is 2.01. The molecule has 0 spiro atoms. The second kappa shape index (κ2) is 4.80. The van der Waals surface area contributed by atoms with Crippen LogP contribution in [0.4, 0.5) is 4.79 Å². The lowest BCUT2D eigenvalue weighted by Gasteiger charge is -2.37. The SMILES string of the molecule is COC(=O)COCC1CN(C(N)=O)C1. The Morgan fingerprint density at radius 2 is 2.14 bits per heavy atom. The molecule has 0 radical (unpaired) electrons. The number of nitrogens with zero attached hydrogens (tertiary/aromatic N) is 1. The van der Waals surface area contributed by atoms with Crippen molar-refractivity contribution < 1.29 is 19.1 Å². The van der Waals surface area contributed by atoms with Crippen LogP contribution in [0.5, 0.6) is 0 Å². The van der Waals surface area contributed by atoms with Gasteiger partial charge in [-0.25, -0.2) is 9.59 Å². The first kappa shape index (κ1) is 10.8. The van der Waals surface area contributed by atoms with E-state index in [0.717, 1.165) is 0 Å². The lowest BCUT2D eigenvalue weighted by atomic mass is 10.0. The molecule has 1 aliphatic heterocycles. The standard InChI is InChI=1S/C8H14N2O4/c1-13-7(11)5-14-4-6-2-10(3-6)8(9)12/h6H,2-5H2,1H3,(H2,9,12). The predicted molar refractivity (Wildman–Crippen MR) is 47.5 cm³/mol. The van der Waals surface area contributed by atoms with E-state index in [1.165, 1.54) is 12.0 Å². The quantitative estimate of drug-likeness (QED) is 0.604. The van der Waals surface area contributed by atoms with Gasteiger partial charge in [-0.05, 0) is 0 Å². The zero-order valence-corrected chi connectivity index (χ0v) is 8.06. The molecule has 14 heavy (non-hydrogen) atoms. The highest BCUT2D eigenvalue weighted by Gasteiger charge is 2.29. The van der Waals surface area contributed by atoms with Gasteiger partial charge >= 0.3 is 12.0 Å². The van der Waals surface area contributed by atoms with Crippen LogP contribution in [0, 0.1) is 5.92 Å². The van der Waals surface area contributed by atoms with Gasteiger partial charge in [0.05, 0.1) is 13.7 Å². The van der Waals surface area contributed by atoms with Gasteiger partial charge in [0.15, 0.2) is 0 Å². The number of nitrogens with two attached hydrogens (primary N) is 1. The highest BCUT2D eigenvalue weighted by Crippen LogP contribution is 2.14. The van der Waals surface area contributed by atoms with E-state index >= 15 is 0 Å². The molecule has 0 aromatic heterocycles. The van der Waals surface area contributed by atoms with Crippen molar-refractivity contribution in [3.63, 3.8) is 0 Å². The molecule has 0 aromatic carbocycles. The monoisotopic (exact) mass is 202 g/mol. The lowest BCUT2D eigenvalue weighted by Crippen LogP contribution is -2.53. The molecular weight excluding hydrogens is 188 g/mol. The van der Waals surface area contributed by atoms with Gasteiger partial charge in [0.2, 0.25) is 0 Å². The molecule has 6 heteroatoms. The first-order chi connectivity index (χ1) is 6.63. The zero-order chi connectivity index (χ0) is 10.6. The van der Waals surface area contributed by atoms with Crippen molar-refractivity contribution >= 4 is 12.0 Å². The van der Waals surface area contributed by atoms with E-state index in [2.05, 4.69) is 4.74 Å². The number of ether oxygens (including phenoxy) is 2. The summed E-state index contributed by atoms with van der Waals surface area (Å²) in [5.74, 6) is -0.108. The normalized spacial score (nSPS) is 16.2. The van der Waals surface area contributed by atoms with Crippen LogP contribution in [0.25, 0.3) is 0 Å². The summed E-state index contributed by atoms with van der Waals surface area (Å²) in [7, 11) is 1.31. The van der Waals surface area contributed by atoms with E-state index in [9.17, 15) is 9.59 Å². The first-order valence-electron chi connectivity index (χ1n) is 4.32. The molecule has 0 unspecified atom stereocenters. The molecule has 6 nitrogen and oxygen atoms in total. The number of esters is 1. The van der Waals surface area contributed by atoms with Crippen molar-refractivity contribution in [2.24, 2.45) is 11.7 Å². The summed E-state index contributed by atoms with van der Waals surface area (Å²) >= 11 is 0. The topological polar surface area (TPSA) is 81.9 Å². The summed E-state index contributed by atoms with van der Waals surface area (Å²) < 4.78 is 9.46. The second-order valence-electron chi connectivity index (χ2n) is 3.20. The van der Waals surface area contributed by atoms with E-state index in [1.54, 1.807) is 0 Å². The molecule has 1 fully saturated rings. The number of amides is 2. The Morgan fingerprint density at radius 1 is 1.50 bits per heavy atom. The summed E-state index contributed by atoms with van der Waals surface area (Å²) in [6.45, 7) is 1.63. The van der Waals surface area contributed by atoms with Crippen molar-refractivity contribution in [2.75, 3.05) is 33.4 Å². The molecule has 80 valence electrons. The van der Waals surface area contributed by atoms with Crippen LogP contribution < -0.4 is 5.73 Å². The molecule has 0 saturated carbocycles. The molecule has 2 N–H and O–H groups in total. The Morgan fingerprint density at radius 3 is 2.64 bits per heavy atom. The first-order valence-corrected chi connectivity index (χ1v) is 4.32. The van der Waals surface area contributed by atoms with Crippen LogP contribution in [-0.2, 0) is 14.3 Å². The fraction of sp³-hybridized carbons (Fsp3) is 0.750. The number of rotatable bonds is 4. The average Bonchev–Trinajstić information content (AvgIpc) is 2.07. The number of carbonyl (C=O) groups excluding carboxylic acids is 2. The molecule has 0 atom stereocenters. The van der Waals surface area contributed by atoms with Crippen LogP contribution in [0.15, 0.2) is 0 Å². The van der Waals surface area contributed by atoms with Gasteiger partial charge in [-0.3, -0.25) is 0 Å². The van der Waals surface area contributed by atoms with Gasteiger partial charge in [0.25, 0.3) is 0 Å². The van der Waals surface area contributed by atoms with Gasteiger partial charge in [0, 0.05) is 19.0 Å².